The molecule has 6 rings (SSSR count). The van der Waals surface area contributed by atoms with Crippen molar-refractivity contribution in [3.8, 4) is 11.5 Å². The van der Waals surface area contributed by atoms with E-state index in [1.54, 1.807) is 14.2 Å². The van der Waals surface area contributed by atoms with E-state index in [-0.39, 0.29) is 60.6 Å². The van der Waals surface area contributed by atoms with Crippen molar-refractivity contribution in [3.05, 3.63) is 95.6 Å². The van der Waals surface area contributed by atoms with Gasteiger partial charge in [0.15, 0.2) is 0 Å². The van der Waals surface area contributed by atoms with E-state index >= 15 is 0 Å². The van der Waals surface area contributed by atoms with Crippen LogP contribution in [-0.2, 0) is 11.3 Å². The lowest BCUT2D eigenvalue weighted by Gasteiger charge is -2.56. The number of nitrogens with one attached hydrogen (secondary N) is 1. The molecule has 38 heavy (non-hydrogen) atoms. The predicted molar refractivity (Wildman–Crippen MR) is 156 cm³/mol. The average molecular weight is 559 g/mol. The van der Waals surface area contributed by atoms with E-state index in [1.165, 1.54) is 11.1 Å². The first-order chi connectivity index (χ1) is 17.6. The summed E-state index contributed by atoms with van der Waals surface area (Å²) >= 11 is 0. The highest BCUT2D eigenvalue weighted by Gasteiger charge is 2.51. The van der Waals surface area contributed by atoms with Crippen LogP contribution in [0, 0.1) is 11.8 Å². The third-order valence-corrected chi connectivity index (χ3v) is 7.99. The van der Waals surface area contributed by atoms with Gasteiger partial charge in [-0.05, 0) is 48.2 Å². The van der Waals surface area contributed by atoms with Gasteiger partial charge in [-0.2, -0.15) is 0 Å². The van der Waals surface area contributed by atoms with Crippen LogP contribution in [0.3, 0.4) is 0 Å². The zero-order valence-corrected chi connectivity index (χ0v) is 23.4. The molecule has 3 heterocycles. The SMILES string of the molecule is COc1ccc(OC)c(CN[C@H]2[C@H]3CCN(C[C@@H]3C(N)=O)[C@H]2C(c2ccccc2)c2ccccc2)c1.Cl.Cl. The molecule has 8 heteroatoms. The Morgan fingerprint density at radius 2 is 1.61 bits per heavy atom. The van der Waals surface area contributed by atoms with Crippen molar-refractivity contribution < 1.29 is 14.3 Å². The van der Waals surface area contributed by atoms with Gasteiger partial charge in [0.2, 0.25) is 5.91 Å². The summed E-state index contributed by atoms with van der Waals surface area (Å²) in [5.74, 6) is 1.57. The molecule has 3 fully saturated rings. The van der Waals surface area contributed by atoms with Crippen molar-refractivity contribution in [1.82, 2.24) is 10.2 Å². The molecular weight excluding hydrogens is 521 g/mol. The van der Waals surface area contributed by atoms with Crippen LogP contribution in [-0.4, -0.2) is 50.2 Å². The quantitative estimate of drug-likeness (QED) is 0.400. The first-order valence-corrected chi connectivity index (χ1v) is 12.7. The molecule has 3 aromatic carbocycles. The fourth-order valence-electron chi connectivity index (χ4n) is 6.32. The number of hydrogen-bond acceptors (Lipinski definition) is 5. The summed E-state index contributed by atoms with van der Waals surface area (Å²) in [6, 6.07) is 27.5. The van der Waals surface area contributed by atoms with E-state index in [2.05, 4.69) is 70.9 Å². The highest BCUT2D eigenvalue weighted by atomic mass is 35.5. The van der Waals surface area contributed by atoms with E-state index in [0.29, 0.717) is 13.1 Å². The maximum absolute atomic E-state index is 12.5. The Morgan fingerprint density at radius 1 is 0.974 bits per heavy atom. The van der Waals surface area contributed by atoms with Crippen molar-refractivity contribution in [3.63, 3.8) is 0 Å². The van der Waals surface area contributed by atoms with E-state index < -0.39 is 0 Å². The molecule has 204 valence electrons. The summed E-state index contributed by atoms with van der Waals surface area (Å²) < 4.78 is 11.1. The smallest absolute Gasteiger partial charge is 0.222 e. The number of carbonyl (C=O) groups is 1. The Morgan fingerprint density at radius 3 is 2.16 bits per heavy atom. The fourth-order valence-corrected chi connectivity index (χ4v) is 6.32. The van der Waals surface area contributed by atoms with Crippen molar-refractivity contribution in [2.24, 2.45) is 17.6 Å². The molecule has 0 aliphatic carbocycles. The van der Waals surface area contributed by atoms with E-state index in [4.69, 9.17) is 15.2 Å². The predicted octanol–water partition coefficient (Wildman–Crippen LogP) is 4.64. The molecule has 1 amide bonds. The molecule has 3 aliphatic heterocycles. The second kappa shape index (κ2) is 13.3. The lowest BCUT2D eigenvalue weighted by atomic mass is 9.66. The summed E-state index contributed by atoms with van der Waals surface area (Å²) in [6.45, 7) is 2.28. The van der Waals surface area contributed by atoms with Crippen LogP contribution in [0.5, 0.6) is 11.5 Å². The van der Waals surface area contributed by atoms with Gasteiger partial charge in [-0.25, -0.2) is 0 Å². The standard InChI is InChI=1S/C30H35N3O3.2ClH/c1-35-23-13-14-26(36-2)22(17-23)18-32-28-24-15-16-33(19-25(24)30(31)34)29(28)27(20-9-5-3-6-10-20)21-11-7-4-8-12-21;;/h3-14,17,24-25,27-29,32H,15-16,18-19H2,1-2H3,(H2,31,34);2*1H/t24-,25-,28-,29-;;/m0../s1. The van der Waals surface area contributed by atoms with Gasteiger partial charge in [0, 0.05) is 36.7 Å². The number of fused-ring (bicyclic) bond motifs is 3. The van der Waals surface area contributed by atoms with Crippen molar-refractivity contribution in [2.45, 2.75) is 31.0 Å². The number of benzene rings is 3. The molecule has 3 N–H and O–H groups in total. The lowest BCUT2D eigenvalue weighted by molar-refractivity contribution is -0.132. The Balaban J connectivity index is 0.00000200. The zero-order chi connectivity index (χ0) is 25.1. The molecule has 0 radical (unpaired) electrons. The Bertz CT molecular complexity index is 1140. The third-order valence-electron chi connectivity index (χ3n) is 7.99. The maximum atomic E-state index is 12.5. The van der Waals surface area contributed by atoms with Crippen LogP contribution in [0.1, 0.15) is 29.0 Å². The number of piperidine rings is 3. The van der Waals surface area contributed by atoms with Crippen LogP contribution >= 0.6 is 24.8 Å². The summed E-state index contributed by atoms with van der Waals surface area (Å²) in [5, 5.41) is 3.87. The number of carbonyl (C=O) groups excluding carboxylic acids is 1. The Kier molecular flexibility index (Phi) is 10.5. The molecular formula is C30H37Cl2N3O3. The number of nitrogens with zero attached hydrogens (tertiary/aromatic N) is 1. The highest BCUT2D eigenvalue weighted by molar-refractivity contribution is 5.85. The number of halogens is 2. The van der Waals surface area contributed by atoms with Gasteiger partial charge >= 0.3 is 0 Å². The second-order valence-corrected chi connectivity index (χ2v) is 9.83. The minimum absolute atomic E-state index is 0. The molecule has 6 nitrogen and oxygen atoms in total. The maximum Gasteiger partial charge on any atom is 0.222 e. The number of ether oxygens (including phenoxy) is 2. The summed E-state index contributed by atoms with van der Waals surface area (Å²) in [6.07, 6.45) is 0.952. The summed E-state index contributed by atoms with van der Waals surface area (Å²) in [5.41, 5.74) is 9.51. The molecule has 3 saturated heterocycles. The molecule has 0 aromatic heterocycles. The normalized spacial score (nSPS) is 23.7. The van der Waals surface area contributed by atoms with Gasteiger partial charge < -0.3 is 20.5 Å². The molecule has 3 aromatic rings. The Hall–Kier alpha value is -2.77. The molecule has 5 atom stereocenters. The lowest BCUT2D eigenvalue weighted by Crippen LogP contribution is -2.68. The monoisotopic (exact) mass is 557 g/mol. The van der Waals surface area contributed by atoms with Gasteiger partial charge in [0.1, 0.15) is 11.5 Å². The molecule has 0 saturated carbocycles. The van der Waals surface area contributed by atoms with Crippen molar-refractivity contribution >= 4 is 30.7 Å². The molecule has 2 bridgehead atoms. The second-order valence-electron chi connectivity index (χ2n) is 9.83. The molecule has 0 spiro atoms. The van der Waals surface area contributed by atoms with Gasteiger partial charge in [-0.15, -0.1) is 24.8 Å². The minimum Gasteiger partial charge on any atom is -0.497 e. The largest absolute Gasteiger partial charge is 0.497 e. The Labute approximate surface area is 237 Å². The van der Waals surface area contributed by atoms with E-state index in [0.717, 1.165) is 30.0 Å². The minimum atomic E-state index is -0.204. The van der Waals surface area contributed by atoms with Gasteiger partial charge in [-0.3, -0.25) is 9.69 Å². The number of amides is 1. The van der Waals surface area contributed by atoms with Crippen molar-refractivity contribution in [2.75, 3.05) is 27.3 Å². The van der Waals surface area contributed by atoms with E-state index in [9.17, 15) is 4.79 Å². The van der Waals surface area contributed by atoms with Crippen LogP contribution in [0.2, 0.25) is 0 Å². The van der Waals surface area contributed by atoms with Crippen LogP contribution < -0.4 is 20.5 Å². The van der Waals surface area contributed by atoms with Crippen LogP contribution in [0.15, 0.2) is 78.9 Å². The zero-order valence-electron chi connectivity index (χ0n) is 21.8. The first kappa shape index (κ1) is 29.8. The number of nitrogens with two attached hydrogens (primary N) is 1. The number of primary amides is 1. The van der Waals surface area contributed by atoms with Gasteiger partial charge in [0.05, 0.1) is 20.1 Å². The highest BCUT2D eigenvalue weighted by Crippen LogP contribution is 2.44. The molecule has 1 unspecified atom stereocenters. The number of methoxy groups -OCH3 is 2. The van der Waals surface area contributed by atoms with E-state index in [1.807, 2.05) is 18.2 Å². The number of hydrogen-bond donors (Lipinski definition) is 2. The van der Waals surface area contributed by atoms with Gasteiger partial charge in [-0.1, -0.05) is 60.7 Å². The van der Waals surface area contributed by atoms with Crippen molar-refractivity contribution in [1.29, 1.82) is 0 Å². The average Bonchev–Trinajstić information content (AvgIpc) is 2.93. The van der Waals surface area contributed by atoms with Gasteiger partial charge in [0.25, 0.3) is 0 Å². The fraction of sp³-hybridized carbons (Fsp3) is 0.367. The summed E-state index contributed by atoms with van der Waals surface area (Å²) in [7, 11) is 3.36. The number of rotatable bonds is 9. The van der Waals surface area contributed by atoms with Crippen LogP contribution in [0.4, 0.5) is 0 Å². The molecule has 3 aliphatic rings. The third kappa shape index (κ3) is 5.94. The van der Waals surface area contributed by atoms with Crippen LogP contribution in [0.25, 0.3) is 0 Å². The first-order valence-electron chi connectivity index (χ1n) is 12.7. The topological polar surface area (TPSA) is 76.8 Å². The summed E-state index contributed by atoms with van der Waals surface area (Å²) in [4.78, 5) is 15.0.